The van der Waals surface area contributed by atoms with Crippen LogP contribution in [0.15, 0.2) is 18.2 Å². The fourth-order valence-corrected chi connectivity index (χ4v) is 3.10. The second kappa shape index (κ2) is 5.57. The van der Waals surface area contributed by atoms with Gasteiger partial charge in [0.15, 0.2) is 0 Å². The molecular weight excluding hydrogens is 284 g/mol. The third-order valence-electron chi connectivity index (χ3n) is 4.20. The zero-order valence-corrected chi connectivity index (χ0v) is 11.6. The van der Waals surface area contributed by atoms with E-state index in [1.54, 1.807) is 0 Å². The second-order valence-electron chi connectivity index (χ2n) is 5.84. The third kappa shape index (κ3) is 3.37. The van der Waals surface area contributed by atoms with Gasteiger partial charge < -0.3 is 5.32 Å². The van der Waals surface area contributed by atoms with Gasteiger partial charge in [0.1, 0.15) is 5.82 Å². The molecule has 0 radical (unpaired) electrons. The Morgan fingerprint density at radius 2 is 1.76 bits per heavy atom. The summed E-state index contributed by atoms with van der Waals surface area (Å²) in [7, 11) is 0. The van der Waals surface area contributed by atoms with E-state index in [1.165, 1.54) is 6.07 Å². The summed E-state index contributed by atoms with van der Waals surface area (Å²) >= 11 is 0. The highest BCUT2D eigenvalue weighted by Crippen LogP contribution is 2.45. The first kappa shape index (κ1) is 14.8. The SMILES string of the molecule is Fc1cc([C@@H](C2CC2)N2CCNCC2)cc(C(F)(F)F)c1. The lowest BCUT2D eigenvalue weighted by molar-refractivity contribution is -0.137. The number of halogens is 4. The van der Waals surface area contributed by atoms with Gasteiger partial charge in [-0.05, 0) is 42.5 Å². The van der Waals surface area contributed by atoms with E-state index in [2.05, 4.69) is 10.2 Å². The lowest BCUT2D eigenvalue weighted by Gasteiger charge is -2.35. The zero-order valence-electron chi connectivity index (χ0n) is 11.6. The molecule has 1 saturated heterocycles. The lowest BCUT2D eigenvalue weighted by Crippen LogP contribution is -2.45. The molecule has 1 aliphatic carbocycles. The maximum Gasteiger partial charge on any atom is 0.416 e. The number of nitrogens with zero attached hydrogens (tertiary/aromatic N) is 1. The van der Waals surface area contributed by atoms with Crippen LogP contribution in [0.2, 0.25) is 0 Å². The Kier molecular flexibility index (Phi) is 3.92. The quantitative estimate of drug-likeness (QED) is 0.863. The molecule has 1 aromatic carbocycles. The lowest BCUT2D eigenvalue weighted by atomic mass is 9.97. The van der Waals surface area contributed by atoms with Crippen molar-refractivity contribution in [2.24, 2.45) is 5.92 Å². The average molecular weight is 302 g/mol. The molecule has 1 aliphatic heterocycles. The van der Waals surface area contributed by atoms with Crippen molar-refractivity contribution < 1.29 is 17.6 Å². The highest BCUT2D eigenvalue weighted by Gasteiger charge is 2.39. The molecule has 3 rings (SSSR count). The minimum atomic E-state index is -4.51. The van der Waals surface area contributed by atoms with Crippen LogP contribution in [0.5, 0.6) is 0 Å². The number of rotatable bonds is 3. The predicted molar refractivity (Wildman–Crippen MR) is 71.3 cm³/mol. The van der Waals surface area contributed by atoms with Gasteiger partial charge in [0.05, 0.1) is 5.56 Å². The standard InChI is InChI=1S/C15H18F4N2/c16-13-8-11(7-12(9-13)15(17,18)19)14(10-1-2-10)21-5-3-20-4-6-21/h7-10,14,20H,1-6H2/t14-/m1/s1. The highest BCUT2D eigenvalue weighted by molar-refractivity contribution is 5.30. The number of hydrogen-bond donors (Lipinski definition) is 1. The first-order valence-electron chi connectivity index (χ1n) is 7.27. The van der Waals surface area contributed by atoms with Gasteiger partial charge in [-0.25, -0.2) is 4.39 Å². The van der Waals surface area contributed by atoms with E-state index in [4.69, 9.17) is 0 Å². The monoisotopic (exact) mass is 302 g/mol. The first-order valence-corrected chi connectivity index (χ1v) is 7.27. The van der Waals surface area contributed by atoms with Crippen LogP contribution in [-0.2, 0) is 6.18 Å². The second-order valence-corrected chi connectivity index (χ2v) is 5.84. The Balaban J connectivity index is 1.93. The van der Waals surface area contributed by atoms with Crippen molar-refractivity contribution in [3.05, 3.63) is 35.1 Å². The molecule has 6 heteroatoms. The molecule has 21 heavy (non-hydrogen) atoms. The van der Waals surface area contributed by atoms with E-state index in [-0.39, 0.29) is 6.04 Å². The summed E-state index contributed by atoms with van der Waals surface area (Å²) in [5, 5.41) is 3.23. The van der Waals surface area contributed by atoms with Crippen molar-refractivity contribution in [1.82, 2.24) is 10.2 Å². The maximum atomic E-state index is 13.6. The van der Waals surface area contributed by atoms with Gasteiger partial charge in [-0.1, -0.05) is 0 Å². The molecule has 1 saturated carbocycles. The van der Waals surface area contributed by atoms with Crippen LogP contribution in [0.3, 0.4) is 0 Å². The van der Waals surface area contributed by atoms with Crippen LogP contribution in [0.4, 0.5) is 17.6 Å². The number of alkyl halides is 3. The summed E-state index contributed by atoms with van der Waals surface area (Å²) in [6.45, 7) is 3.23. The van der Waals surface area contributed by atoms with Crippen molar-refractivity contribution in [3.63, 3.8) is 0 Å². The molecule has 2 aliphatic rings. The Morgan fingerprint density at radius 3 is 2.33 bits per heavy atom. The highest BCUT2D eigenvalue weighted by atomic mass is 19.4. The molecule has 2 fully saturated rings. The summed E-state index contributed by atoms with van der Waals surface area (Å²) in [6.07, 6.45) is -2.49. The van der Waals surface area contributed by atoms with Gasteiger partial charge in [-0.3, -0.25) is 4.90 Å². The fourth-order valence-electron chi connectivity index (χ4n) is 3.10. The molecule has 0 amide bonds. The average Bonchev–Trinajstić information content (AvgIpc) is 3.23. The van der Waals surface area contributed by atoms with Crippen molar-refractivity contribution in [3.8, 4) is 0 Å². The summed E-state index contributed by atoms with van der Waals surface area (Å²) in [5.41, 5.74) is -0.426. The molecule has 0 spiro atoms. The van der Waals surface area contributed by atoms with E-state index >= 15 is 0 Å². The third-order valence-corrected chi connectivity index (χ3v) is 4.20. The van der Waals surface area contributed by atoms with E-state index in [1.807, 2.05) is 0 Å². The van der Waals surface area contributed by atoms with E-state index in [0.29, 0.717) is 17.5 Å². The van der Waals surface area contributed by atoms with Crippen molar-refractivity contribution in [1.29, 1.82) is 0 Å². The molecule has 0 bridgehead atoms. The van der Waals surface area contributed by atoms with Crippen LogP contribution in [0, 0.1) is 11.7 Å². The molecule has 1 aromatic rings. The first-order chi connectivity index (χ1) is 9.95. The van der Waals surface area contributed by atoms with Crippen molar-refractivity contribution >= 4 is 0 Å². The topological polar surface area (TPSA) is 15.3 Å². The summed E-state index contributed by atoms with van der Waals surface area (Å²) < 4.78 is 52.3. The van der Waals surface area contributed by atoms with Gasteiger partial charge in [-0.2, -0.15) is 13.2 Å². The summed E-state index contributed by atoms with van der Waals surface area (Å²) in [6, 6.07) is 2.86. The Bertz CT molecular complexity index is 505. The molecule has 0 aromatic heterocycles. The molecule has 1 heterocycles. The molecule has 1 N–H and O–H groups in total. The minimum Gasteiger partial charge on any atom is -0.314 e. The number of piperazine rings is 1. The van der Waals surface area contributed by atoms with Crippen molar-refractivity contribution in [2.45, 2.75) is 25.1 Å². The Morgan fingerprint density at radius 1 is 1.10 bits per heavy atom. The Labute approximate surface area is 121 Å². The molecule has 0 unspecified atom stereocenters. The maximum absolute atomic E-state index is 13.6. The van der Waals surface area contributed by atoms with E-state index < -0.39 is 17.6 Å². The fraction of sp³-hybridized carbons (Fsp3) is 0.600. The van der Waals surface area contributed by atoms with Crippen molar-refractivity contribution in [2.75, 3.05) is 26.2 Å². The largest absolute Gasteiger partial charge is 0.416 e. The molecule has 116 valence electrons. The molecule has 2 nitrogen and oxygen atoms in total. The van der Waals surface area contributed by atoms with Crippen LogP contribution in [-0.4, -0.2) is 31.1 Å². The van der Waals surface area contributed by atoms with E-state index in [0.717, 1.165) is 45.1 Å². The number of benzene rings is 1. The molecular formula is C15H18F4N2. The molecule has 1 atom stereocenters. The van der Waals surface area contributed by atoms with E-state index in [9.17, 15) is 17.6 Å². The van der Waals surface area contributed by atoms with Gasteiger partial charge in [-0.15, -0.1) is 0 Å². The normalized spacial score (nSPS) is 22.3. The number of hydrogen-bond acceptors (Lipinski definition) is 2. The van der Waals surface area contributed by atoms with Crippen LogP contribution < -0.4 is 5.32 Å². The van der Waals surface area contributed by atoms with Crippen LogP contribution >= 0.6 is 0 Å². The Hall–Kier alpha value is -1.14. The summed E-state index contributed by atoms with van der Waals surface area (Å²) in [4.78, 5) is 2.18. The number of nitrogens with one attached hydrogen (secondary N) is 1. The smallest absolute Gasteiger partial charge is 0.314 e. The van der Waals surface area contributed by atoms with Gasteiger partial charge in [0, 0.05) is 32.2 Å². The van der Waals surface area contributed by atoms with Gasteiger partial charge >= 0.3 is 6.18 Å². The van der Waals surface area contributed by atoms with Crippen LogP contribution in [0.1, 0.15) is 30.0 Å². The zero-order chi connectivity index (χ0) is 15.0. The van der Waals surface area contributed by atoms with Gasteiger partial charge in [0.2, 0.25) is 0 Å². The van der Waals surface area contributed by atoms with Crippen LogP contribution in [0.25, 0.3) is 0 Å². The van der Waals surface area contributed by atoms with Gasteiger partial charge in [0.25, 0.3) is 0 Å². The predicted octanol–water partition coefficient (Wildman–Crippen LogP) is 3.20. The summed E-state index contributed by atoms with van der Waals surface area (Å²) in [5.74, 6) is -0.452. The minimum absolute atomic E-state index is 0.0936.